The number of hydrogen-bond acceptors (Lipinski definition) is 2. The third kappa shape index (κ3) is 3.85. The molecule has 2 aliphatic rings. The van der Waals surface area contributed by atoms with Crippen LogP contribution in [-0.4, -0.2) is 30.6 Å². The average Bonchev–Trinajstić information content (AvgIpc) is 3.04. The van der Waals surface area contributed by atoms with Gasteiger partial charge in [-0.05, 0) is 43.9 Å². The van der Waals surface area contributed by atoms with E-state index < -0.39 is 0 Å². The monoisotopic (exact) mass is 206 g/mol. The molecule has 2 fully saturated rings. The predicted molar refractivity (Wildman–Crippen MR) is 63.3 cm³/mol. The number of terminal acetylenes is 1. The maximum atomic E-state index is 6.09. The number of hydrogen-bond donors (Lipinski definition) is 1. The fraction of sp³-hybridized carbons (Fsp3) is 0.846. The van der Waals surface area contributed by atoms with Gasteiger partial charge in [0.1, 0.15) is 0 Å². The minimum absolute atomic E-state index is 0.421. The summed E-state index contributed by atoms with van der Waals surface area (Å²) in [6.45, 7) is 3.09. The Morgan fingerprint density at radius 2 is 2.07 bits per heavy atom. The third-order valence-corrected chi connectivity index (χ3v) is 3.53. The first-order chi connectivity index (χ1) is 7.29. The van der Waals surface area contributed by atoms with Gasteiger partial charge in [-0.15, -0.1) is 6.42 Å². The van der Waals surface area contributed by atoms with Gasteiger partial charge in [0.25, 0.3) is 0 Å². The van der Waals surface area contributed by atoms with E-state index in [2.05, 4.69) is 10.8 Å². The van der Waals surface area contributed by atoms with E-state index in [1.54, 1.807) is 0 Å². The summed E-state index contributed by atoms with van der Waals surface area (Å²) in [4.78, 5) is 2.40. The fourth-order valence-corrected chi connectivity index (χ4v) is 2.12. The lowest BCUT2D eigenvalue weighted by Crippen LogP contribution is -2.33. The Labute approximate surface area is 93.2 Å². The van der Waals surface area contributed by atoms with Crippen molar-refractivity contribution in [2.45, 2.75) is 38.1 Å². The van der Waals surface area contributed by atoms with Gasteiger partial charge in [0, 0.05) is 19.1 Å². The molecular formula is C13H22N2. The predicted octanol–water partition coefficient (Wildman–Crippen LogP) is 1.46. The van der Waals surface area contributed by atoms with Crippen LogP contribution in [0, 0.1) is 24.2 Å². The SMILES string of the molecule is C#CCN(CCC(N)C1CC1)CC1CC1. The molecule has 2 heteroatoms. The fourth-order valence-electron chi connectivity index (χ4n) is 2.12. The van der Waals surface area contributed by atoms with Gasteiger partial charge in [0.15, 0.2) is 0 Å². The molecule has 0 radical (unpaired) electrons. The van der Waals surface area contributed by atoms with Crippen LogP contribution in [-0.2, 0) is 0 Å². The Morgan fingerprint density at radius 3 is 2.60 bits per heavy atom. The quantitative estimate of drug-likeness (QED) is 0.639. The van der Waals surface area contributed by atoms with Crippen molar-refractivity contribution in [3.63, 3.8) is 0 Å². The van der Waals surface area contributed by atoms with Crippen molar-refractivity contribution in [2.24, 2.45) is 17.6 Å². The molecule has 2 nitrogen and oxygen atoms in total. The summed E-state index contributed by atoms with van der Waals surface area (Å²) in [6.07, 6.45) is 12.0. The van der Waals surface area contributed by atoms with Crippen molar-refractivity contribution in [3.8, 4) is 12.3 Å². The molecule has 2 saturated carbocycles. The minimum atomic E-state index is 0.421. The Morgan fingerprint density at radius 1 is 1.33 bits per heavy atom. The molecule has 2 aliphatic carbocycles. The lowest BCUT2D eigenvalue weighted by molar-refractivity contribution is 0.278. The van der Waals surface area contributed by atoms with Crippen LogP contribution in [0.25, 0.3) is 0 Å². The zero-order valence-corrected chi connectivity index (χ0v) is 9.49. The van der Waals surface area contributed by atoms with Crippen molar-refractivity contribution in [1.82, 2.24) is 4.90 Å². The van der Waals surface area contributed by atoms with E-state index in [9.17, 15) is 0 Å². The lowest BCUT2D eigenvalue weighted by atomic mass is 10.1. The van der Waals surface area contributed by atoms with Crippen LogP contribution < -0.4 is 5.73 Å². The Hall–Kier alpha value is -0.520. The standard InChI is InChI=1S/C13H22N2/c1-2-8-15(10-11-3-4-11)9-7-13(14)12-5-6-12/h1,11-13H,3-10,14H2. The van der Waals surface area contributed by atoms with Crippen LogP contribution in [0.2, 0.25) is 0 Å². The Kier molecular flexibility index (Phi) is 3.66. The highest BCUT2D eigenvalue weighted by molar-refractivity contribution is 4.91. The molecule has 0 amide bonds. The van der Waals surface area contributed by atoms with Gasteiger partial charge in [-0.1, -0.05) is 5.92 Å². The molecule has 0 aromatic heterocycles. The zero-order chi connectivity index (χ0) is 10.7. The molecule has 0 aliphatic heterocycles. The van der Waals surface area contributed by atoms with E-state index in [1.165, 1.54) is 32.2 Å². The molecular weight excluding hydrogens is 184 g/mol. The number of nitrogens with two attached hydrogens (primary N) is 1. The van der Waals surface area contributed by atoms with Crippen LogP contribution in [0.15, 0.2) is 0 Å². The molecule has 2 rings (SSSR count). The summed E-state index contributed by atoms with van der Waals surface area (Å²) >= 11 is 0. The normalized spacial score (nSPS) is 22.7. The van der Waals surface area contributed by atoms with Gasteiger partial charge >= 0.3 is 0 Å². The molecule has 0 spiro atoms. The number of rotatable bonds is 7. The van der Waals surface area contributed by atoms with Crippen LogP contribution in [0.4, 0.5) is 0 Å². The maximum absolute atomic E-state index is 6.09. The molecule has 0 aromatic carbocycles. The summed E-state index contributed by atoms with van der Waals surface area (Å²) in [5.41, 5.74) is 6.09. The topological polar surface area (TPSA) is 29.3 Å². The van der Waals surface area contributed by atoms with Gasteiger partial charge in [0.2, 0.25) is 0 Å². The van der Waals surface area contributed by atoms with Crippen molar-refractivity contribution in [2.75, 3.05) is 19.6 Å². The highest BCUT2D eigenvalue weighted by Crippen LogP contribution is 2.33. The molecule has 0 aromatic rings. The van der Waals surface area contributed by atoms with Crippen LogP contribution in [0.3, 0.4) is 0 Å². The smallest absolute Gasteiger partial charge is 0.0599 e. The van der Waals surface area contributed by atoms with Gasteiger partial charge in [-0.3, -0.25) is 4.90 Å². The van der Waals surface area contributed by atoms with E-state index >= 15 is 0 Å². The summed E-state index contributed by atoms with van der Waals surface area (Å²) < 4.78 is 0. The van der Waals surface area contributed by atoms with Crippen molar-refractivity contribution in [1.29, 1.82) is 0 Å². The Balaban J connectivity index is 1.65. The molecule has 84 valence electrons. The summed E-state index contributed by atoms with van der Waals surface area (Å²) in [6, 6.07) is 0.421. The van der Waals surface area contributed by atoms with Crippen molar-refractivity contribution in [3.05, 3.63) is 0 Å². The first-order valence-corrected chi connectivity index (χ1v) is 6.21. The molecule has 1 unspecified atom stereocenters. The van der Waals surface area contributed by atoms with Crippen LogP contribution >= 0.6 is 0 Å². The van der Waals surface area contributed by atoms with Crippen LogP contribution in [0.1, 0.15) is 32.1 Å². The lowest BCUT2D eigenvalue weighted by Gasteiger charge is -2.21. The Bertz CT molecular complexity index is 235. The molecule has 1 atom stereocenters. The van der Waals surface area contributed by atoms with Gasteiger partial charge < -0.3 is 5.73 Å². The van der Waals surface area contributed by atoms with E-state index in [-0.39, 0.29) is 0 Å². The number of nitrogens with zero attached hydrogens (tertiary/aromatic N) is 1. The molecule has 0 bridgehead atoms. The van der Waals surface area contributed by atoms with E-state index in [0.29, 0.717) is 6.04 Å². The second kappa shape index (κ2) is 5.01. The van der Waals surface area contributed by atoms with Gasteiger partial charge in [0.05, 0.1) is 6.54 Å². The second-order valence-electron chi connectivity index (χ2n) is 5.17. The largest absolute Gasteiger partial charge is 0.327 e. The van der Waals surface area contributed by atoms with Crippen LogP contribution in [0.5, 0.6) is 0 Å². The second-order valence-corrected chi connectivity index (χ2v) is 5.17. The summed E-state index contributed by atoms with van der Waals surface area (Å²) in [5, 5.41) is 0. The first-order valence-electron chi connectivity index (χ1n) is 6.21. The van der Waals surface area contributed by atoms with Crippen molar-refractivity contribution < 1.29 is 0 Å². The van der Waals surface area contributed by atoms with E-state index in [1.807, 2.05) is 0 Å². The van der Waals surface area contributed by atoms with Gasteiger partial charge in [-0.2, -0.15) is 0 Å². The summed E-state index contributed by atoms with van der Waals surface area (Å²) in [7, 11) is 0. The third-order valence-electron chi connectivity index (χ3n) is 3.53. The van der Waals surface area contributed by atoms with Gasteiger partial charge in [-0.25, -0.2) is 0 Å². The van der Waals surface area contributed by atoms with E-state index in [4.69, 9.17) is 12.2 Å². The average molecular weight is 206 g/mol. The maximum Gasteiger partial charge on any atom is 0.0599 e. The molecule has 0 saturated heterocycles. The van der Waals surface area contributed by atoms with Crippen molar-refractivity contribution >= 4 is 0 Å². The highest BCUT2D eigenvalue weighted by Gasteiger charge is 2.29. The molecule has 2 N–H and O–H groups in total. The van der Waals surface area contributed by atoms with E-state index in [0.717, 1.165) is 31.3 Å². The highest BCUT2D eigenvalue weighted by atomic mass is 15.1. The first kappa shape index (κ1) is 11.0. The summed E-state index contributed by atoms with van der Waals surface area (Å²) in [5.74, 6) is 4.50. The molecule has 0 heterocycles. The minimum Gasteiger partial charge on any atom is -0.327 e. The molecule has 15 heavy (non-hydrogen) atoms. The zero-order valence-electron chi connectivity index (χ0n) is 9.49.